The van der Waals surface area contributed by atoms with Gasteiger partial charge in [-0.15, -0.1) is 0 Å². The van der Waals surface area contributed by atoms with E-state index in [4.69, 9.17) is 5.73 Å². The molecule has 0 aliphatic heterocycles. The van der Waals surface area contributed by atoms with Crippen LogP contribution in [-0.4, -0.2) is 0 Å². The lowest BCUT2D eigenvalue weighted by atomic mass is 9.87. The van der Waals surface area contributed by atoms with Crippen molar-refractivity contribution in [1.29, 1.82) is 0 Å². The quantitative estimate of drug-likeness (QED) is 0.832. The molecule has 2 aromatic rings. The van der Waals surface area contributed by atoms with Gasteiger partial charge in [0.2, 0.25) is 0 Å². The Bertz CT molecular complexity index is 565. The topological polar surface area (TPSA) is 26.0 Å². The van der Waals surface area contributed by atoms with Crippen LogP contribution in [0, 0.1) is 6.92 Å². The number of fused-ring (bicyclic) bond motifs is 1. The van der Waals surface area contributed by atoms with Crippen molar-refractivity contribution < 1.29 is 0 Å². The molecule has 0 amide bonds. The van der Waals surface area contributed by atoms with Crippen molar-refractivity contribution in [2.75, 3.05) is 0 Å². The first-order chi connectivity index (χ1) is 8.81. The van der Waals surface area contributed by atoms with Crippen LogP contribution >= 0.6 is 0 Å². The van der Waals surface area contributed by atoms with Gasteiger partial charge in [-0.05, 0) is 53.1 Å². The molecule has 0 heterocycles. The minimum atomic E-state index is 0.662. The maximum Gasteiger partial charge on any atom is 0.0181 e. The van der Waals surface area contributed by atoms with Crippen LogP contribution in [0.3, 0.4) is 0 Å². The van der Waals surface area contributed by atoms with Gasteiger partial charge >= 0.3 is 0 Å². The zero-order valence-corrected chi connectivity index (χ0v) is 11.1. The van der Waals surface area contributed by atoms with E-state index >= 15 is 0 Å². The van der Waals surface area contributed by atoms with Gasteiger partial charge in [-0.2, -0.15) is 0 Å². The summed E-state index contributed by atoms with van der Waals surface area (Å²) in [5, 5.41) is 2.83. The lowest BCUT2D eigenvalue weighted by Gasteiger charge is -2.18. The van der Waals surface area contributed by atoms with E-state index in [2.05, 4.69) is 37.3 Å². The minimum absolute atomic E-state index is 0.662. The Morgan fingerprint density at radius 2 is 1.83 bits per heavy atom. The number of benzene rings is 2. The Kier molecular flexibility index (Phi) is 3.09. The third-order valence-electron chi connectivity index (χ3n) is 4.39. The van der Waals surface area contributed by atoms with Crippen molar-refractivity contribution in [3.8, 4) is 0 Å². The molecule has 3 rings (SSSR count). The molecule has 0 unspecified atom stereocenters. The highest BCUT2D eigenvalue weighted by atomic mass is 14.5. The Labute approximate surface area is 109 Å². The Balaban J connectivity index is 2.27. The van der Waals surface area contributed by atoms with E-state index in [0.29, 0.717) is 6.54 Å². The molecule has 0 bridgehead atoms. The number of nitrogens with two attached hydrogens (primary N) is 1. The highest BCUT2D eigenvalue weighted by molar-refractivity contribution is 5.90. The van der Waals surface area contributed by atoms with Crippen LogP contribution in [0.25, 0.3) is 10.8 Å². The first-order valence-corrected chi connectivity index (χ1v) is 7.02. The summed E-state index contributed by atoms with van der Waals surface area (Å²) in [6.45, 7) is 2.86. The molecule has 0 radical (unpaired) electrons. The largest absolute Gasteiger partial charge is 0.326 e. The van der Waals surface area contributed by atoms with Gasteiger partial charge in [0, 0.05) is 6.54 Å². The fraction of sp³-hybridized carbons (Fsp3) is 0.412. The second-order valence-electron chi connectivity index (χ2n) is 5.49. The molecule has 94 valence electrons. The predicted octanol–water partition coefficient (Wildman–Crippen LogP) is 4.26. The normalized spacial score (nSPS) is 16.6. The van der Waals surface area contributed by atoms with Crippen LogP contribution in [0.1, 0.15) is 48.3 Å². The molecular formula is C17H21N. The summed E-state index contributed by atoms with van der Waals surface area (Å²) in [7, 11) is 0. The van der Waals surface area contributed by atoms with Crippen LogP contribution in [0.15, 0.2) is 30.3 Å². The lowest BCUT2D eigenvalue weighted by molar-refractivity contribution is 0.718. The molecule has 0 saturated heterocycles. The Morgan fingerprint density at radius 3 is 2.56 bits per heavy atom. The van der Waals surface area contributed by atoms with E-state index in [1.165, 1.54) is 53.1 Å². The van der Waals surface area contributed by atoms with Crippen molar-refractivity contribution in [2.24, 2.45) is 5.73 Å². The molecule has 2 aromatic carbocycles. The van der Waals surface area contributed by atoms with Gasteiger partial charge in [0.15, 0.2) is 0 Å². The van der Waals surface area contributed by atoms with Crippen molar-refractivity contribution >= 4 is 10.8 Å². The third-order valence-corrected chi connectivity index (χ3v) is 4.39. The van der Waals surface area contributed by atoms with Crippen LogP contribution in [0.4, 0.5) is 0 Å². The zero-order valence-electron chi connectivity index (χ0n) is 11.1. The minimum Gasteiger partial charge on any atom is -0.326 e. The standard InChI is InChI=1S/C17H21N/c1-12-5-4-8-16-15(12)10-9-14(11-18)17(16)13-6-2-3-7-13/h4-5,8-10,13H,2-3,6-7,11,18H2,1H3. The Hall–Kier alpha value is -1.34. The summed E-state index contributed by atoms with van der Waals surface area (Å²) in [4.78, 5) is 0. The number of hydrogen-bond donors (Lipinski definition) is 1. The van der Waals surface area contributed by atoms with Gasteiger partial charge in [-0.3, -0.25) is 0 Å². The number of hydrogen-bond acceptors (Lipinski definition) is 1. The summed E-state index contributed by atoms with van der Waals surface area (Å²) < 4.78 is 0. The molecule has 0 atom stereocenters. The molecule has 0 spiro atoms. The summed E-state index contributed by atoms with van der Waals surface area (Å²) in [6, 6.07) is 11.1. The third kappa shape index (κ3) is 1.83. The van der Waals surface area contributed by atoms with Gasteiger partial charge in [0.25, 0.3) is 0 Å². The predicted molar refractivity (Wildman–Crippen MR) is 77.8 cm³/mol. The first kappa shape index (κ1) is 11.7. The molecular weight excluding hydrogens is 218 g/mol. The van der Waals surface area contributed by atoms with E-state index in [1.54, 1.807) is 0 Å². The average molecular weight is 239 g/mol. The molecule has 1 aliphatic rings. The Morgan fingerprint density at radius 1 is 1.06 bits per heavy atom. The fourth-order valence-corrected chi connectivity index (χ4v) is 3.46. The van der Waals surface area contributed by atoms with Gasteiger partial charge in [0.05, 0.1) is 0 Å². The maximum atomic E-state index is 5.95. The van der Waals surface area contributed by atoms with Crippen molar-refractivity contribution in [1.82, 2.24) is 0 Å². The maximum absolute atomic E-state index is 5.95. The summed E-state index contributed by atoms with van der Waals surface area (Å²) in [6.07, 6.45) is 5.41. The van der Waals surface area contributed by atoms with Gasteiger partial charge in [-0.25, -0.2) is 0 Å². The van der Waals surface area contributed by atoms with E-state index in [0.717, 1.165) is 5.92 Å². The molecule has 0 aromatic heterocycles. The monoisotopic (exact) mass is 239 g/mol. The van der Waals surface area contributed by atoms with Crippen molar-refractivity contribution in [2.45, 2.75) is 45.1 Å². The molecule has 1 saturated carbocycles. The van der Waals surface area contributed by atoms with Crippen molar-refractivity contribution in [3.05, 3.63) is 47.0 Å². The van der Waals surface area contributed by atoms with E-state index in [9.17, 15) is 0 Å². The molecule has 18 heavy (non-hydrogen) atoms. The smallest absolute Gasteiger partial charge is 0.0181 e. The average Bonchev–Trinajstić information content (AvgIpc) is 2.91. The van der Waals surface area contributed by atoms with Crippen LogP contribution in [0.5, 0.6) is 0 Å². The molecule has 1 nitrogen and oxygen atoms in total. The second kappa shape index (κ2) is 4.74. The SMILES string of the molecule is Cc1cccc2c(C3CCCC3)c(CN)ccc12. The van der Waals surface area contributed by atoms with Crippen molar-refractivity contribution in [3.63, 3.8) is 0 Å². The van der Waals surface area contributed by atoms with Crippen LogP contribution in [-0.2, 0) is 6.54 Å². The van der Waals surface area contributed by atoms with E-state index in [-0.39, 0.29) is 0 Å². The number of rotatable bonds is 2. The summed E-state index contributed by atoms with van der Waals surface area (Å²) in [5.41, 5.74) is 10.2. The highest BCUT2D eigenvalue weighted by Crippen LogP contribution is 2.40. The summed E-state index contributed by atoms with van der Waals surface area (Å²) >= 11 is 0. The first-order valence-electron chi connectivity index (χ1n) is 7.02. The molecule has 1 aliphatic carbocycles. The van der Waals surface area contributed by atoms with E-state index < -0.39 is 0 Å². The van der Waals surface area contributed by atoms with Gasteiger partial charge < -0.3 is 5.73 Å². The zero-order chi connectivity index (χ0) is 12.5. The van der Waals surface area contributed by atoms with Gasteiger partial charge in [0.1, 0.15) is 0 Å². The second-order valence-corrected chi connectivity index (χ2v) is 5.49. The lowest BCUT2D eigenvalue weighted by Crippen LogP contribution is -2.05. The molecule has 2 N–H and O–H groups in total. The van der Waals surface area contributed by atoms with Crippen LogP contribution < -0.4 is 5.73 Å². The highest BCUT2D eigenvalue weighted by Gasteiger charge is 2.21. The number of aryl methyl sites for hydroxylation is 1. The molecule has 1 heteroatoms. The summed E-state index contributed by atoms with van der Waals surface area (Å²) in [5.74, 6) is 0.731. The fourth-order valence-electron chi connectivity index (χ4n) is 3.46. The van der Waals surface area contributed by atoms with E-state index in [1.807, 2.05) is 0 Å². The van der Waals surface area contributed by atoms with Gasteiger partial charge in [-0.1, -0.05) is 43.2 Å². The molecule has 1 fully saturated rings. The van der Waals surface area contributed by atoms with Crippen LogP contribution in [0.2, 0.25) is 0 Å².